The normalized spacial score (nSPS) is 25.8. The molecule has 1 aliphatic heterocycles. The van der Waals surface area contributed by atoms with E-state index in [1.54, 1.807) is 4.42 Å². The van der Waals surface area contributed by atoms with Crippen LogP contribution in [0.4, 0.5) is 0 Å². The second-order valence-corrected chi connectivity index (χ2v) is 1.59. The lowest BCUT2D eigenvalue weighted by Gasteiger charge is -2.20. The molecule has 0 unspecified atom stereocenters. The molecule has 0 aromatic carbocycles. The highest BCUT2D eigenvalue weighted by Crippen LogP contribution is 2.05. The Kier molecular flexibility index (Phi) is 0.791. The first-order chi connectivity index (χ1) is 2.39. The monoisotopic (exact) mass is 90.0 g/mol. The Bertz CT molecular complexity index is 33.9. The average molecular weight is 90.5 g/mol. The van der Waals surface area contributed by atoms with E-state index in [-0.39, 0.29) is 0 Å². The van der Waals surface area contributed by atoms with Crippen molar-refractivity contribution in [3.8, 4) is 0 Å². The second-order valence-electron chi connectivity index (χ2n) is 1.12. The highest BCUT2D eigenvalue weighted by atomic mass is 35.5. The lowest BCUT2D eigenvalue weighted by Crippen LogP contribution is -2.28. The molecule has 29 valence electrons. The smallest absolute Gasteiger partial charge is 0.0183 e. The van der Waals surface area contributed by atoms with Crippen molar-refractivity contribution in [1.82, 2.24) is 4.42 Å². The minimum Gasteiger partial charge on any atom is -0.219 e. The molecule has 0 saturated carbocycles. The van der Waals surface area contributed by atoms with Gasteiger partial charge in [-0.2, -0.15) is 0 Å². The Balaban J connectivity index is 2.08. The lowest BCUT2D eigenvalue weighted by atomic mass is 10.3. The first kappa shape index (κ1) is 3.44. The molecule has 0 N–H and O–H groups in total. The van der Waals surface area contributed by atoms with Gasteiger partial charge in [0.05, 0.1) is 0 Å². The van der Waals surface area contributed by atoms with Crippen LogP contribution >= 0.6 is 11.8 Å². The molecule has 0 aromatic heterocycles. The van der Waals surface area contributed by atoms with Crippen molar-refractivity contribution in [2.24, 2.45) is 0 Å². The van der Waals surface area contributed by atoms with Crippen LogP contribution in [0.2, 0.25) is 0 Å². The fourth-order valence-corrected chi connectivity index (χ4v) is 0.422. The van der Waals surface area contributed by atoms with Gasteiger partial charge in [-0.15, -0.1) is 0 Å². The van der Waals surface area contributed by atoms with Gasteiger partial charge < -0.3 is 0 Å². The topological polar surface area (TPSA) is 3.24 Å². The zero-order valence-corrected chi connectivity index (χ0v) is 3.57. The molecular weight excluding hydrogens is 85.5 g/mol. The van der Waals surface area contributed by atoms with E-state index in [4.69, 9.17) is 11.8 Å². The highest BCUT2D eigenvalue weighted by molar-refractivity contribution is 6.14. The maximum absolute atomic E-state index is 5.35. The molecule has 1 heterocycles. The van der Waals surface area contributed by atoms with Crippen molar-refractivity contribution >= 4 is 11.8 Å². The predicted octanol–water partition coefficient (Wildman–Crippen LogP) is 0.660. The second kappa shape index (κ2) is 1.15. The minimum atomic E-state index is 0.960. The Hall–Kier alpha value is 0.250. The van der Waals surface area contributed by atoms with E-state index in [9.17, 15) is 0 Å². The largest absolute Gasteiger partial charge is 0.219 e. The third-order valence-electron chi connectivity index (χ3n) is 0.654. The fraction of sp³-hybridized carbons (Fsp3) is 0.667. The van der Waals surface area contributed by atoms with Gasteiger partial charge in [0.25, 0.3) is 0 Å². The number of halogens is 1. The van der Waals surface area contributed by atoms with Gasteiger partial charge in [0.1, 0.15) is 0 Å². The Morgan fingerprint density at radius 3 is 2.00 bits per heavy atom. The summed E-state index contributed by atoms with van der Waals surface area (Å²) in [6.45, 7) is 1.92. The Morgan fingerprint density at radius 1 is 1.60 bits per heavy atom. The molecular formula is C3H5ClN. The molecule has 5 heavy (non-hydrogen) atoms. The summed E-state index contributed by atoms with van der Waals surface area (Å²) < 4.78 is 1.72. The lowest BCUT2D eigenvalue weighted by molar-refractivity contribution is 0.423. The summed E-state index contributed by atoms with van der Waals surface area (Å²) in [5.74, 6) is 0. The summed E-state index contributed by atoms with van der Waals surface area (Å²) in [5.41, 5.74) is 0. The van der Waals surface area contributed by atoms with Gasteiger partial charge in [0.2, 0.25) is 0 Å². The van der Waals surface area contributed by atoms with E-state index in [0.717, 1.165) is 13.1 Å². The van der Waals surface area contributed by atoms with Crippen molar-refractivity contribution in [3.63, 3.8) is 0 Å². The van der Waals surface area contributed by atoms with Gasteiger partial charge >= 0.3 is 0 Å². The first-order valence-corrected chi connectivity index (χ1v) is 1.96. The standard InChI is InChI=1S/C3H5ClN/c4-5-2-1-3-5/h1H,2-3H2. The molecule has 2 heteroatoms. The van der Waals surface area contributed by atoms with E-state index < -0.39 is 0 Å². The Labute approximate surface area is 36.6 Å². The number of rotatable bonds is 0. The molecule has 1 radical (unpaired) electrons. The van der Waals surface area contributed by atoms with Crippen molar-refractivity contribution < 1.29 is 0 Å². The van der Waals surface area contributed by atoms with Crippen LogP contribution in [0.3, 0.4) is 0 Å². The van der Waals surface area contributed by atoms with Crippen molar-refractivity contribution in [1.29, 1.82) is 0 Å². The SMILES string of the molecule is ClN1C[CH]C1. The van der Waals surface area contributed by atoms with Crippen LogP contribution < -0.4 is 0 Å². The van der Waals surface area contributed by atoms with Gasteiger partial charge in [-0.1, -0.05) is 0 Å². The number of hydrogen-bond acceptors (Lipinski definition) is 1. The van der Waals surface area contributed by atoms with Gasteiger partial charge in [0.15, 0.2) is 0 Å². The van der Waals surface area contributed by atoms with Crippen LogP contribution in [0.5, 0.6) is 0 Å². The number of nitrogens with zero attached hydrogens (tertiary/aromatic N) is 1. The average Bonchev–Trinajstić information content (AvgIpc) is 1.30. The summed E-state index contributed by atoms with van der Waals surface area (Å²) >= 11 is 5.35. The van der Waals surface area contributed by atoms with Crippen LogP contribution in [-0.4, -0.2) is 17.5 Å². The molecule has 1 fully saturated rings. The molecule has 0 aromatic rings. The van der Waals surface area contributed by atoms with E-state index in [2.05, 4.69) is 6.42 Å². The van der Waals surface area contributed by atoms with E-state index in [0.29, 0.717) is 0 Å². The molecule has 0 atom stereocenters. The fourth-order valence-electron chi connectivity index (χ4n) is 0.227. The third-order valence-corrected chi connectivity index (χ3v) is 0.930. The van der Waals surface area contributed by atoms with Crippen LogP contribution in [0.15, 0.2) is 0 Å². The van der Waals surface area contributed by atoms with E-state index >= 15 is 0 Å². The maximum Gasteiger partial charge on any atom is 0.0183 e. The molecule has 0 bridgehead atoms. The van der Waals surface area contributed by atoms with Crippen LogP contribution in [0.25, 0.3) is 0 Å². The number of hydrogen-bond donors (Lipinski definition) is 0. The van der Waals surface area contributed by atoms with Crippen LogP contribution in [0, 0.1) is 6.42 Å². The van der Waals surface area contributed by atoms with Crippen molar-refractivity contribution in [2.75, 3.05) is 13.1 Å². The van der Waals surface area contributed by atoms with Gasteiger partial charge in [-0.25, -0.2) is 4.42 Å². The zero-order valence-electron chi connectivity index (χ0n) is 2.82. The van der Waals surface area contributed by atoms with Crippen molar-refractivity contribution in [3.05, 3.63) is 6.42 Å². The van der Waals surface area contributed by atoms with Crippen molar-refractivity contribution in [2.45, 2.75) is 0 Å². The molecule has 1 rings (SSSR count). The molecule has 1 aliphatic rings. The molecule has 1 saturated heterocycles. The minimum absolute atomic E-state index is 0.960. The molecule has 0 spiro atoms. The molecule has 0 amide bonds. The predicted molar refractivity (Wildman–Crippen MR) is 21.7 cm³/mol. The molecule has 0 aliphatic carbocycles. The summed E-state index contributed by atoms with van der Waals surface area (Å²) in [5, 5.41) is 0. The maximum atomic E-state index is 5.35. The summed E-state index contributed by atoms with van der Waals surface area (Å²) in [6, 6.07) is 0. The van der Waals surface area contributed by atoms with Gasteiger partial charge in [-0.3, -0.25) is 0 Å². The van der Waals surface area contributed by atoms with Gasteiger partial charge in [0, 0.05) is 13.1 Å². The third kappa shape index (κ3) is 0.551. The van der Waals surface area contributed by atoms with Crippen LogP contribution in [-0.2, 0) is 0 Å². The van der Waals surface area contributed by atoms with E-state index in [1.165, 1.54) is 0 Å². The first-order valence-electron chi connectivity index (χ1n) is 1.62. The van der Waals surface area contributed by atoms with Gasteiger partial charge in [-0.05, 0) is 18.2 Å². The summed E-state index contributed by atoms with van der Waals surface area (Å²) in [7, 11) is 0. The summed E-state index contributed by atoms with van der Waals surface area (Å²) in [6.07, 6.45) is 2.12. The Morgan fingerprint density at radius 2 is 2.00 bits per heavy atom. The van der Waals surface area contributed by atoms with Crippen LogP contribution in [0.1, 0.15) is 0 Å². The highest BCUT2D eigenvalue weighted by Gasteiger charge is 2.08. The molecule has 1 nitrogen and oxygen atoms in total. The zero-order chi connectivity index (χ0) is 3.70. The van der Waals surface area contributed by atoms with E-state index in [1.807, 2.05) is 0 Å². The summed E-state index contributed by atoms with van der Waals surface area (Å²) in [4.78, 5) is 0. The quantitative estimate of drug-likeness (QED) is 0.395.